The Morgan fingerprint density at radius 1 is 0.906 bits per heavy atom. The van der Waals surface area contributed by atoms with Gasteiger partial charge in [0.25, 0.3) is 0 Å². The van der Waals surface area contributed by atoms with Gasteiger partial charge in [0.2, 0.25) is 11.8 Å². The van der Waals surface area contributed by atoms with Crippen molar-refractivity contribution in [1.82, 2.24) is 4.90 Å². The SMILES string of the molecule is COc1ccc(NC(=O)C2CC(c3ccccc3)CN(C(=O)Cc3ccccc3)C2)cc1. The first kappa shape index (κ1) is 21.6. The summed E-state index contributed by atoms with van der Waals surface area (Å²) in [5.41, 5.74) is 2.87. The Balaban J connectivity index is 1.50. The number of benzene rings is 3. The summed E-state index contributed by atoms with van der Waals surface area (Å²) in [5.74, 6) is 0.571. The molecule has 2 unspecified atom stereocenters. The minimum atomic E-state index is -0.282. The Kier molecular flexibility index (Phi) is 6.85. The summed E-state index contributed by atoms with van der Waals surface area (Å²) in [6, 6.07) is 27.2. The predicted octanol–water partition coefficient (Wildman–Crippen LogP) is 4.51. The highest BCUT2D eigenvalue weighted by Gasteiger charge is 2.34. The van der Waals surface area contributed by atoms with Gasteiger partial charge in [-0.05, 0) is 41.8 Å². The number of likely N-dealkylation sites (tertiary alicyclic amines) is 1. The molecule has 5 heteroatoms. The maximum atomic E-state index is 13.1. The van der Waals surface area contributed by atoms with Gasteiger partial charge in [-0.2, -0.15) is 0 Å². The van der Waals surface area contributed by atoms with Crippen LogP contribution >= 0.6 is 0 Å². The van der Waals surface area contributed by atoms with E-state index < -0.39 is 0 Å². The lowest BCUT2D eigenvalue weighted by atomic mass is 9.83. The summed E-state index contributed by atoms with van der Waals surface area (Å²) < 4.78 is 5.19. The Morgan fingerprint density at radius 2 is 1.56 bits per heavy atom. The number of anilines is 1. The average Bonchev–Trinajstić information content (AvgIpc) is 2.85. The van der Waals surface area contributed by atoms with Gasteiger partial charge in [-0.25, -0.2) is 0 Å². The number of rotatable bonds is 6. The van der Waals surface area contributed by atoms with Crippen molar-refractivity contribution in [2.75, 3.05) is 25.5 Å². The molecule has 3 aromatic carbocycles. The van der Waals surface area contributed by atoms with E-state index in [9.17, 15) is 9.59 Å². The monoisotopic (exact) mass is 428 g/mol. The molecule has 0 saturated carbocycles. The van der Waals surface area contributed by atoms with E-state index in [2.05, 4.69) is 17.4 Å². The zero-order chi connectivity index (χ0) is 22.3. The first-order valence-corrected chi connectivity index (χ1v) is 10.9. The second-order valence-corrected chi connectivity index (χ2v) is 8.22. The van der Waals surface area contributed by atoms with Crippen molar-refractivity contribution < 1.29 is 14.3 Å². The summed E-state index contributed by atoms with van der Waals surface area (Å²) in [4.78, 5) is 28.1. The number of nitrogens with one attached hydrogen (secondary N) is 1. The molecule has 1 heterocycles. The van der Waals surface area contributed by atoms with E-state index in [0.717, 1.165) is 22.6 Å². The summed E-state index contributed by atoms with van der Waals surface area (Å²) >= 11 is 0. The molecule has 0 aliphatic carbocycles. The minimum absolute atomic E-state index is 0.0547. The van der Waals surface area contributed by atoms with E-state index in [0.29, 0.717) is 25.9 Å². The number of ether oxygens (including phenoxy) is 1. The molecule has 5 nitrogen and oxygen atoms in total. The van der Waals surface area contributed by atoms with Gasteiger partial charge in [0, 0.05) is 24.7 Å². The third-order valence-electron chi connectivity index (χ3n) is 6.00. The van der Waals surface area contributed by atoms with Crippen molar-refractivity contribution in [2.45, 2.75) is 18.8 Å². The number of methoxy groups -OCH3 is 1. The second kappa shape index (κ2) is 10.1. The highest BCUT2D eigenvalue weighted by molar-refractivity contribution is 5.93. The summed E-state index contributed by atoms with van der Waals surface area (Å²) in [6.45, 7) is 1.05. The first-order valence-electron chi connectivity index (χ1n) is 10.9. The number of carbonyl (C=O) groups is 2. The highest BCUT2D eigenvalue weighted by Crippen LogP contribution is 2.31. The van der Waals surface area contributed by atoms with Crippen molar-refractivity contribution in [3.63, 3.8) is 0 Å². The van der Waals surface area contributed by atoms with Crippen LogP contribution in [-0.4, -0.2) is 36.9 Å². The third kappa shape index (κ3) is 5.35. The molecule has 2 atom stereocenters. The molecular formula is C27H28N2O3. The molecule has 1 fully saturated rings. The summed E-state index contributed by atoms with van der Waals surface area (Å²) in [6.07, 6.45) is 1.05. The number of nitrogens with zero attached hydrogens (tertiary/aromatic N) is 1. The second-order valence-electron chi connectivity index (χ2n) is 8.22. The summed E-state index contributed by atoms with van der Waals surface area (Å²) in [7, 11) is 1.61. The molecule has 4 rings (SSSR count). The zero-order valence-electron chi connectivity index (χ0n) is 18.2. The van der Waals surface area contributed by atoms with Crippen LogP contribution in [0.3, 0.4) is 0 Å². The standard InChI is InChI=1S/C27H28N2O3/c1-32-25-14-12-24(13-15-25)28-27(31)23-17-22(21-10-6-3-7-11-21)18-29(19-23)26(30)16-20-8-4-2-5-9-20/h2-15,22-23H,16-19H2,1H3,(H,28,31). The number of carbonyl (C=O) groups excluding carboxylic acids is 2. The lowest BCUT2D eigenvalue weighted by molar-refractivity contribution is -0.134. The van der Waals surface area contributed by atoms with Crippen LogP contribution in [0.4, 0.5) is 5.69 Å². The Bertz CT molecular complexity index is 1040. The Labute approximate surface area is 189 Å². The molecule has 1 N–H and O–H groups in total. The number of amides is 2. The van der Waals surface area contributed by atoms with Gasteiger partial charge in [0.1, 0.15) is 5.75 Å². The van der Waals surface area contributed by atoms with Crippen molar-refractivity contribution in [2.24, 2.45) is 5.92 Å². The van der Waals surface area contributed by atoms with E-state index in [1.807, 2.05) is 77.7 Å². The molecule has 32 heavy (non-hydrogen) atoms. The normalized spacial score (nSPS) is 18.1. The molecule has 3 aromatic rings. The van der Waals surface area contributed by atoms with Crippen LogP contribution < -0.4 is 10.1 Å². The molecular weight excluding hydrogens is 400 g/mol. The zero-order valence-corrected chi connectivity index (χ0v) is 18.2. The van der Waals surface area contributed by atoms with Gasteiger partial charge in [-0.3, -0.25) is 9.59 Å². The maximum Gasteiger partial charge on any atom is 0.229 e. The predicted molar refractivity (Wildman–Crippen MR) is 126 cm³/mol. The quantitative estimate of drug-likeness (QED) is 0.629. The molecule has 164 valence electrons. The van der Waals surface area contributed by atoms with Gasteiger partial charge in [0.05, 0.1) is 19.4 Å². The smallest absolute Gasteiger partial charge is 0.229 e. The first-order chi connectivity index (χ1) is 15.6. The van der Waals surface area contributed by atoms with Gasteiger partial charge < -0.3 is 15.0 Å². The van der Waals surface area contributed by atoms with E-state index in [4.69, 9.17) is 4.74 Å². The van der Waals surface area contributed by atoms with Crippen LogP contribution in [0, 0.1) is 5.92 Å². The molecule has 2 amide bonds. The molecule has 1 aliphatic heterocycles. The average molecular weight is 429 g/mol. The largest absolute Gasteiger partial charge is 0.497 e. The van der Waals surface area contributed by atoms with Crippen LogP contribution in [0.2, 0.25) is 0 Å². The summed E-state index contributed by atoms with van der Waals surface area (Å²) in [5, 5.41) is 3.01. The van der Waals surface area contributed by atoms with Crippen molar-refractivity contribution in [1.29, 1.82) is 0 Å². The van der Waals surface area contributed by atoms with Crippen molar-refractivity contribution in [3.05, 3.63) is 96.1 Å². The van der Waals surface area contributed by atoms with Gasteiger partial charge in [-0.1, -0.05) is 60.7 Å². The van der Waals surface area contributed by atoms with Crippen LogP contribution in [-0.2, 0) is 16.0 Å². The van der Waals surface area contributed by atoms with Crippen molar-refractivity contribution >= 4 is 17.5 Å². The molecule has 0 bridgehead atoms. The lowest BCUT2D eigenvalue weighted by Crippen LogP contribution is -2.47. The minimum Gasteiger partial charge on any atom is -0.497 e. The van der Waals surface area contributed by atoms with E-state index in [-0.39, 0.29) is 23.7 Å². The van der Waals surface area contributed by atoms with Gasteiger partial charge in [-0.15, -0.1) is 0 Å². The fraction of sp³-hybridized carbons (Fsp3) is 0.259. The van der Waals surface area contributed by atoms with Gasteiger partial charge >= 0.3 is 0 Å². The molecule has 1 aliphatic rings. The van der Waals surface area contributed by atoms with Crippen LogP contribution in [0.25, 0.3) is 0 Å². The van der Waals surface area contributed by atoms with Crippen LogP contribution in [0.1, 0.15) is 23.5 Å². The van der Waals surface area contributed by atoms with Crippen molar-refractivity contribution in [3.8, 4) is 5.75 Å². The third-order valence-corrected chi connectivity index (χ3v) is 6.00. The number of hydrogen-bond donors (Lipinski definition) is 1. The highest BCUT2D eigenvalue weighted by atomic mass is 16.5. The molecule has 0 radical (unpaired) electrons. The van der Waals surface area contributed by atoms with E-state index in [1.54, 1.807) is 7.11 Å². The lowest BCUT2D eigenvalue weighted by Gasteiger charge is -2.37. The van der Waals surface area contributed by atoms with Crippen LogP contribution in [0.15, 0.2) is 84.9 Å². The topological polar surface area (TPSA) is 58.6 Å². The Morgan fingerprint density at radius 3 is 2.22 bits per heavy atom. The number of hydrogen-bond acceptors (Lipinski definition) is 3. The molecule has 1 saturated heterocycles. The molecule has 0 aromatic heterocycles. The Hall–Kier alpha value is -3.60. The van der Waals surface area contributed by atoms with Crippen LogP contribution in [0.5, 0.6) is 5.75 Å². The fourth-order valence-electron chi connectivity index (χ4n) is 4.26. The van der Waals surface area contributed by atoms with E-state index in [1.165, 1.54) is 0 Å². The van der Waals surface area contributed by atoms with Gasteiger partial charge in [0.15, 0.2) is 0 Å². The van der Waals surface area contributed by atoms with E-state index >= 15 is 0 Å². The molecule has 0 spiro atoms. The fourth-order valence-corrected chi connectivity index (χ4v) is 4.26. The number of piperidine rings is 1. The maximum absolute atomic E-state index is 13.1.